The van der Waals surface area contributed by atoms with Crippen LogP contribution in [-0.2, 0) is 24.4 Å². The fourth-order valence-corrected chi connectivity index (χ4v) is 18.0. The molecule has 6 atom stereocenters. The van der Waals surface area contributed by atoms with Gasteiger partial charge in [0.25, 0.3) is 0 Å². The van der Waals surface area contributed by atoms with E-state index in [4.69, 9.17) is 10.7 Å². The van der Waals surface area contributed by atoms with Crippen molar-refractivity contribution in [3.05, 3.63) is 215 Å². The standard InChI is InChI=1S/3C14H15O4P.Al/c3*15-13(11-7-3-1-4-8-11)19(17,18)14(16)12-9-5-2-6-10-12;/h3*1-10,13-16H,(H,17,18);/q;;;+3/p-3. The van der Waals surface area contributed by atoms with Gasteiger partial charge in [-0.2, -0.15) is 0 Å². The van der Waals surface area contributed by atoms with Gasteiger partial charge in [-0.1, -0.05) is 182 Å². The van der Waals surface area contributed by atoms with E-state index in [1.807, 2.05) is 0 Å². The Balaban J connectivity index is 1.57. The number of aliphatic hydroxyl groups excluding tert-OH is 6. The van der Waals surface area contributed by atoms with Gasteiger partial charge >= 0.3 is 15.1 Å². The molecule has 0 aliphatic rings. The summed E-state index contributed by atoms with van der Waals surface area (Å²) in [5, 5.41) is 71.4. The summed E-state index contributed by atoms with van der Waals surface area (Å²) in [6.07, 6.45) is 0. The molecule has 0 fully saturated rings. The molecule has 0 heterocycles. The fourth-order valence-electron chi connectivity index (χ4n) is 6.21. The highest BCUT2D eigenvalue weighted by atomic mass is 31.2. The molecule has 12 nitrogen and oxygen atoms in total. The van der Waals surface area contributed by atoms with E-state index in [-0.39, 0.29) is 33.4 Å². The molecule has 0 spiro atoms. The van der Waals surface area contributed by atoms with Gasteiger partial charge < -0.3 is 41.4 Å². The number of hydrogen-bond acceptors (Lipinski definition) is 12. The molecule has 0 radical (unpaired) electrons. The van der Waals surface area contributed by atoms with Crippen molar-refractivity contribution in [3.8, 4) is 0 Å². The second-order valence-corrected chi connectivity index (χ2v) is 23.2. The maximum Gasteiger partial charge on any atom is 0.922 e. The van der Waals surface area contributed by atoms with Crippen molar-refractivity contribution in [3.63, 3.8) is 0 Å². The molecule has 6 rings (SSSR count). The summed E-state index contributed by atoms with van der Waals surface area (Å²) in [4.78, 5) is 0. The lowest BCUT2D eigenvalue weighted by Gasteiger charge is -2.36. The monoisotopic (exact) mass is 858 g/mol. The maximum atomic E-state index is 15.5. The third-order valence-electron chi connectivity index (χ3n) is 9.38. The van der Waals surface area contributed by atoms with E-state index in [1.165, 1.54) is 72.8 Å². The van der Waals surface area contributed by atoms with E-state index in [0.29, 0.717) is 0 Å². The summed E-state index contributed by atoms with van der Waals surface area (Å²) in [5.74, 6) is -12.7. The van der Waals surface area contributed by atoms with E-state index in [0.717, 1.165) is 0 Å². The largest absolute Gasteiger partial charge is 0.922 e. The van der Waals surface area contributed by atoms with Gasteiger partial charge in [-0.15, -0.1) is 0 Å². The van der Waals surface area contributed by atoms with E-state index >= 15 is 13.7 Å². The molecule has 58 heavy (non-hydrogen) atoms. The molecule has 6 aromatic rings. The zero-order chi connectivity index (χ0) is 41.3. The number of rotatable bonds is 18. The van der Waals surface area contributed by atoms with Gasteiger partial charge in [0.1, 0.15) is 0 Å². The van der Waals surface area contributed by atoms with E-state index < -0.39 is 72.3 Å². The van der Waals surface area contributed by atoms with E-state index in [1.54, 1.807) is 109 Å². The van der Waals surface area contributed by atoms with Crippen LogP contribution in [0, 0.1) is 0 Å². The molecule has 0 saturated carbocycles. The summed E-state index contributed by atoms with van der Waals surface area (Å²) < 4.78 is 64.9. The first-order valence-corrected chi connectivity index (χ1v) is 24.8. The number of aliphatic hydroxyl groups is 6. The zero-order valence-electron chi connectivity index (χ0n) is 30.8. The van der Waals surface area contributed by atoms with E-state index in [9.17, 15) is 30.6 Å². The minimum Gasteiger partial charge on any atom is -0.401 e. The lowest BCUT2D eigenvalue weighted by molar-refractivity contribution is 0.151. The van der Waals surface area contributed by atoms with Crippen LogP contribution >= 0.6 is 22.1 Å². The second-order valence-electron chi connectivity index (χ2n) is 13.2. The Bertz CT molecular complexity index is 1920. The van der Waals surface area contributed by atoms with Crippen LogP contribution < -0.4 is 0 Å². The lowest BCUT2D eigenvalue weighted by Crippen LogP contribution is -2.30. The highest BCUT2D eigenvalue weighted by molar-refractivity contribution is 7.63. The van der Waals surface area contributed by atoms with Crippen molar-refractivity contribution in [2.75, 3.05) is 0 Å². The van der Waals surface area contributed by atoms with Crippen LogP contribution in [0.3, 0.4) is 0 Å². The van der Waals surface area contributed by atoms with Gasteiger partial charge in [0.15, 0.2) is 35.1 Å². The summed E-state index contributed by atoms with van der Waals surface area (Å²) in [5.41, 5.74) is 0.0956. The molecule has 6 N–H and O–H groups in total. The zero-order valence-corrected chi connectivity index (χ0v) is 34.7. The first kappa shape index (κ1) is 43.8. The van der Waals surface area contributed by atoms with Crippen LogP contribution in [0.2, 0.25) is 0 Å². The third-order valence-corrected chi connectivity index (χ3v) is 21.3. The van der Waals surface area contributed by atoms with Gasteiger partial charge in [-0.25, -0.2) is 0 Å². The predicted molar refractivity (Wildman–Crippen MR) is 220 cm³/mol. The molecular formula is C42H42AlO12P3. The Kier molecular flexibility index (Phi) is 14.7. The van der Waals surface area contributed by atoms with Gasteiger partial charge in [0, 0.05) is 0 Å². The minimum absolute atomic E-state index is 0.0159. The van der Waals surface area contributed by atoms with Crippen LogP contribution in [-0.4, -0.2) is 45.8 Å². The van der Waals surface area contributed by atoms with Gasteiger partial charge in [-0.05, 0) is 33.4 Å². The Labute approximate surface area is 341 Å². The summed E-state index contributed by atoms with van der Waals surface area (Å²) >= 11 is -4.94. The molecule has 0 aliphatic carbocycles. The van der Waals surface area contributed by atoms with Crippen LogP contribution in [0.5, 0.6) is 0 Å². The predicted octanol–water partition coefficient (Wildman–Crippen LogP) is 9.00. The Morgan fingerprint density at radius 1 is 0.293 bits per heavy atom. The van der Waals surface area contributed by atoms with Crippen LogP contribution in [0.1, 0.15) is 68.5 Å². The highest BCUT2D eigenvalue weighted by Gasteiger charge is 2.59. The molecule has 0 amide bonds. The van der Waals surface area contributed by atoms with Crippen LogP contribution in [0.15, 0.2) is 182 Å². The third kappa shape index (κ3) is 9.62. The molecule has 6 unspecified atom stereocenters. The Hall–Kier alpha value is -3.82. The first-order chi connectivity index (χ1) is 27.9. The van der Waals surface area contributed by atoms with E-state index in [2.05, 4.69) is 0 Å². The van der Waals surface area contributed by atoms with Crippen molar-refractivity contribution < 1.29 is 55.1 Å². The Morgan fingerprint density at radius 3 is 0.569 bits per heavy atom. The molecule has 16 heteroatoms. The molecule has 0 aromatic heterocycles. The average molecular weight is 859 g/mol. The highest BCUT2D eigenvalue weighted by Crippen LogP contribution is 2.74. The smallest absolute Gasteiger partial charge is 0.401 e. The molecule has 0 bridgehead atoms. The van der Waals surface area contributed by atoms with Gasteiger partial charge in [0.2, 0.25) is 22.1 Å². The van der Waals surface area contributed by atoms with Crippen LogP contribution in [0.4, 0.5) is 0 Å². The van der Waals surface area contributed by atoms with Crippen molar-refractivity contribution in [1.29, 1.82) is 0 Å². The van der Waals surface area contributed by atoms with Gasteiger partial charge in [0.05, 0.1) is 0 Å². The van der Waals surface area contributed by atoms with Crippen molar-refractivity contribution >= 4 is 37.3 Å². The molecule has 6 aromatic carbocycles. The first-order valence-electron chi connectivity index (χ1n) is 18.1. The molecule has 0 aliphatic heterocycles. The van der Waals surface area contributed by atoms with Crippen molar-refractivity contribution in [1.82, 2.24) is 0 Å². The molecule has 0 saturated heterocycles. The quantitative estimate of drug-likeness (QED) is 0.0355. The number of benzene rings is 6. The fraction of sp³-hybridized carbons (Fsp3) is 0.143. The minimum atomic E-state index is -5.13. The van der Waals surface area contributed by atoms with Crippen LogP contribution in [0.25, 0.3) is 0 Å². The Morgan fingerprint density at radius 2 is 0.431 bits per heavy atom. The van der Waals surface area contributed by atoms with Crippen molar-refractivity contribution in [2.45, 2.75) is 35.1 Å². The number of hydrogen-bond donors (Lipinski definition) is 6. The second kappa shape index (κ2) is 19.5. The summed E-state index contributed by atoms with van der Waals surface area (Å²) in [7, 11) is -15.4. The normalized spacial score (nSPS) is 17.9. The topological polar surface area (TPSA) is 200 Å². The molecular weight excluding hydrogens is 816 g/mol. The SMILES string of the molecule is O=P([O][Al]([O]P(=O)(C(O)c1ccccc1)C(O)c1ccccc1)[O]P(=O)(C(O)c1ccccc1)C(O)c1ccccc1)(C(O)c1ccccc1)C(O)c1ccccc1. The summed E-state index contributed by atoms with van der Waals surface area (Å²) in [6.45, 7) is 0. The average Bonchev–Trinajstić information content (AvgIpc) is 3.28. The molecule has 300 valence electrons. The van der Waals surface area contributed by atoms with Crippen molar-refractivity contribution in [2.24, 2.45) is 0 Å². The van der Waals surface area contributed by atoms with Gasteiger partial charge in [-0.3, -0.25) is 13.7 Å². The maximum absolute atomic E-state index is 15.5. The lowest BCUT2D eigenvalue weighted by atomic mass is 10.2. The summed E-state index contributed by atoms with van der Waals surface area (Å²) in [6, 6.07) is 45.4.